The van der Waals surface area contributed by atoms with Crippen LogP contribution in [0.2, 0.25) is 0 Å². The highest BCUT2D eigenvalue weighted by atomic mass is 16.2. The van der Waals surface area contributed by atoms with Gasteiger partial charge in [0.2, 0.25) is 0 Å². The number of H-pyrrole nitrogens is 1. The van der Waals surface area contributed by atoms with Crippen molar-refractivity contribution < 1.29 is 4.79 Å². The third-order valence-electron chi connectivity index (χ3n) is 3.11. The Kier molecular flexibility index (Phi) is 3.46. The molecule has 4 heteroatoms. The number of aromatic nitrogens is 2. The van der Waals surface area contributed by atoms with Crippen molar-refractivity contribution in [3.63, 3.8) is 0 Å². The van der Waals surface area contributed by atoms with Crippen LogP contribution < -0.4 is 0 Å². The summed E-state index contributed by atoms with van der Waals surface area (Å²) in [5.74, 6) is -0.0734. The number of amides is 1. The molecule has 1 heterocycles. The summed E-state index contributed by atoms with van der Waals surface area (Å²) in [6.07, 6.45) is 0. The van der Waals surface area contributed by atoms with Crippen molar-refractivity contribution in [2.24, 2.45) is 0 Å². The van der Waals surface area contributed by atoms with Crippen LogP contribution >= 0.6 is 0 Å². The van der Waals surface area contributed by atoms with Gasteiger partial charge in [-0.1, -0.05) is 30.3 Å². The average Bonchev–Trinajstić information content (AvgIpc) is 2.84. The van der Waals surface area contributed by atoms with Crippen LogP contribution in [0.4, 0.5) is 0 Å². The minimum atomic E-state index is -0.0734. The molecule has 0 aliphatic carbocycles. The Bertz CT molecular complexity index is 533. The summed E-state index contributed by atoms with van der Waals surface area (Å²) in [5, 5.41) is 6.78. The number of rotatable bonds is 3. The van der Waals surface area contributed by atoms with E-state index >= 15 is 0 Å². The highest BCUT2D eigenvalue weighted by molar-refractivity contribution is 5.92. The van der Waals surface area contributed by atoms with Crippen LogP contribution in [-0.2, 0) is 0 Å². The Labute approximate surface area is 107 Å². The van der Waals surface area contributed by atoms with Crippen molar-refractivity contribution in [3.05, 3.63) is 53.3 Å². The minimum Gasteiger partial charge on any atom is -0.334 e. The fourth-order valence-corrected chi connectivity index (χ4v) is 1.84. The molecule has 0 saturated carbocycles. The first-order valence-corrected chi connectivity index (χ1v) is 5.93. The Morgan fingerprint density at radius 2 is 2.00 bits per heavy atom. The van der Waals surface area contributed by atoms with Crippen molar-refractivity contribution in [2.75, 3.05) is 7.05 Å². The predicted molar refractivity (Wildman–Crippen MR) is 70.3 cm³/mol. The second kappa shape index (κ2) is 5.04. The summed E-state index contributed by atoms with van der Waals surface area (Å²) >= 11 is 0. The molecule has 2 rings (SSSR count). The number of aryl methyl sites for hydroxylation is 1. The molecule has 1 atom stereocenters. The Morgan fingerprint density at radius 1 is 1.33 bits per heavy atom. The van der Waals surface area contributed by atoms with E-state index in [1.807, 2.05) is 44.2 Å². The molecule has 1 N–H and O–H groups in total. The van der Waals surface area contributed by atoms with Gasteiger partial charge in [0.05, 0.1) is 6.04 Å². The van der Waals surface area contributed by atoms with E-state index in [2.05, 4.69) is 10.2 Å². The molecule has 94 valence electrons. The maximum atomic E-state index is 12.2. The lowest BCUT2D eigenvalue weighted by atomic mass is 10.1. The highest BCUT2D eigenvalue weighted by Crippen LogP contribution is 2.19. The smallest absolute Gasteiger partial charge is 0.274 e. The van der Waals surface area contributed by atoms with Gasteiger partial charge in [-0.2, -0.15) is 5.10 Å². The predicted octanol–water partition coefficient (Wildman–Crippen LogP) is 2.55. The first kappa shape index (κ1) is 12.4. The van der Waals surface area contributed by atoms with Crippen molar-refractivity contribution in [1.82, 2.24) is 15.1 Å². The normalized spacial score (nSPS) is 12.2. The molecular formula is C14H17N3O. The molecule has 1 aromatic heterocycles. The molecular weight excluding hydrogens is 226 g/mol. The Balaban J connectivity index is 2.16. The minimum absolute atomic E-state index is 0.0238. The van der Waals surface area contributed by atoms with Crippen LogP contribution in [-0.4, -0.2) is 28.1 Å². The van der Waals surface area contributed by atoms with Gasteiger partial charge in [-0.05, 0) is 25.5 Å². The molecule has 2 aromatic rings. The number of benzene rings is 1. The Hall–Kier alpha value is -2.10. The van der Waals surface area contributed by atoms with Crippen LogP contribution in [0.25, 0.3) is 0 Å². The van der Waals surface area contributed by atoms with Crippen LogP contribution in [0.3, 0.4) is 0 Å². The van der Waals surface area contributed by atoms with E-state index in [9.17, 15) is 4.79 Å². The summed E-state index contributed by atoms with van der Waals surface area (Å²) in [6, 6.07) is 11.7. The average molecular weight is 243 g/mol. The summed E-state index contributed by atoms with van der Waals surface area (Å²) in [7, 11) is 1.80. The van der Waals surface area contributed by atoms with Gasteiger partial charge >= 0.3 is 0 Å². The van der Waals surface area contributed by atoms with Gasteiger partial charge < -0.3 is 4.90 Å². The summed E-state index contributed by atoms with van der Waals surface area (Å²) in [4.78, 5) is 13.9. The quantitative estimate of drug-likeness (QED) is 0.900. The zero-order chi connectivity index (χ0) is 13.1. The van der Waals surface area contributed by atoms with E-state index in [0.29, 0.717) is 5.69 Å². The molecule has 0 aliphatic heterocycles. The van der Waals surface area contributed by atoms with Crippen LogP contribution in [0.15, 0.2) is 36.4 Å². The van der Waals surface area contributed by atoms with Gasteiger partial charge in [-0.3, -0.25) is 9.89 Å². The topological polar surface area (TPSA) is 49.0 Å². The van der Waals surface area contributed by atoms with Gasteiger partial charge in [-0.25, -0.2) is 0 Å². The van der Waals surface area contributed by atoms with Gasteiger partial charge in [-0.15, -0.1) is 0 Å². The number of hydrogen-bond donors (Lipinski definition) is 1. The lowest BCUT2D eigenvalue weighted by Gasteiger charge is -2.24. The van der Waals surface area contributed by atoms with E-state index in [4.69, 9.17) is 0 Å². The fraction of sp³-hybridized carbons (Fsp3) is 0.286. The van der Waals surface area contributed by atoms with Gasteiger partial charge in [0.15, 0.2) is 0 Å². The SMILES string of the molecule is Cc1cc(C(=O)N(C)[C@H](C)c2ccccc2)n[nH]1. The van der Waals surface area contributed by atoms with E-state index in [1.165, 1.54) is 0 Å². The molecule has 0 fully saturated rings. The number of nitrogens with one attached hydrogen (secondary N) is 1. The number of hydrogen-bond acceptors (Lipinski definition) is 2. The maximum absolute atomic E-state index is 12.2. The Morgan fingerprint density at radius 3 is 2.56 bits per heavy atom. The largest absolute Gasteiger partial charge is 0.334 e. The molecule has 0 radical (unpaired) electrons. The number of carbonyl (C=O) groups excluding carboxylic acids is 1. The summed E-state index contributed by atoms with van der Waals surface area (Å²) < 4.78 is 0. The molecule has 0 bridgehead atoms. The summed E-state index contributed by atoms with van der Waals surface area (Å²) in [6.45, 7) is 3.89. The lowest BCUT2D eigenvalue weighted by molar-refractivity contribution is 0.0736. The van der Waals surface area contributed by atoms with Crippen molar-refractivity contribution in [3.8, 4) is 0 Å². The number of carbonyl (C=O) groups is 1. The van der Waals surface area contributed by atoms with E-state index in [0.717, 1.165) is 11.3 Å². The van der Waals surface area contributed by atoms with Crippen molar-refractivity contribution in [1.29, 1.82) is 0 Å². The standard InChI is InChI=1S/C14H17N3O/c1-10-9-13(16-15-10)14(18)17(3)11(2)12-7-5-4-6-8-12/h4-9,11H,1-3H3,(H,15,16)/t11-/m1/s1. The maximum Gasteiger partial charge on any atom is 0.274 e. The number of aromatic amines is 1. The zero-order valence-corrected chi connectivity index (χ0v) is 10.8. The molecule has 0 spiro atoms. The lowest BCUT2D eigenvalue weighted by Crippen LogP contribution is -2.29. The first-order chi connectivity index (χ1) is 8.59. The molecule has 18 heavy (non-hydrogen) atoms. The van der Waals surface area contributed by atoms with Crippen LogP contribution in [0.1, 0.15) is 34.7 Å². The fourth-order valence-electron chi connectivity index (χ4n) is 1.84. The van der Waals surface area contributed by atoms with Gasteiger partial charge in [0.1, 0.15) is 5.69 Å². The van der Waals surface area contributed by atoms with E-state index in [1.54, 1.807) is 18.0 Å². The monoisotopic (exact) mass is 243 g/mol. The molecule has 1 aromatic carbocycles. The van der Waals surface area contributed by atoms with Crippen molar-refractivity contribution >= 4 is 5.91 Å². The molecule has 0 saturated heterocycles. The van der Waals surface area contributed by atoms with Gasteiger partial charge in [0, 0.05) is 12.7 Å². The molecule has 1 amide bonds. The second-order valence-corrected chi connectivity index (χ2v) is 4.44. The number of nitrogens with zero attached hydrogens (tertiary/aromatic N) is 2. The second-order valence-electron chi connectivity index (χ2n) is 4.44. The van der Waals surface area contributed by atoms with Crippen molar-refractivity contribution in [2.45, 2.75) is 19.9 Å². The van der Waals surface area contributed by atoms with E-state index < -0.39 is 0 Å². The zero-order valence-electron chi connectivity index (χ0n) is 10.8. The first-order valence-electron chi connectivity index (χ1n) is 5.93. The third-order valence-corrected chi connectivity index (χ3v) is 3.11. The highest BCUT2D eigenvalue weighted by Gasteiger charge is 2.20. The third kappa shape index (κ3) is 2.42. The van der Waals surface area contributed by atoms with Gasteiger partial charge in [0.25, 0.3) is 5.91 Å². The summed E-state index contributed by atoms with van der Waals surface area (Å²) in [5.41, 5.74) is 2.46. The molecule has 0 unspecified atom stereocenters. The molecule has 4 nitrogen and oxygen atoms in total. The van der Waals surface area contributed by atoms with Crippen LogP contribution in [0.5, 0.6) is 0 Å². The molecule has 0 aliphatic rings. The van der Waals surface area contributed by atoms with Crippen LogP contribution in [0, 0.1) is 6.92 Å². The van der Waals surface area contributed by atoms with E-state index in [-0.39, 0.29) is 11.9 Å².